The first-order valence-electron chi connectivity index (χ1n) is 8.93. The number of carbonyl (C=O) groups is 3. The lowest BCUT2D eigenvalue weighted by molar-refractivity contribution is -0.121. The molecule has 0 saturated heterocycles. The second-order valence-electron chi connectivity index (χ2n) is 7.39. The van der Waals surface area contributed by atoms with Crippen molar-refractivity contribution in [3.63, 3.8) is 0 Å². The van der Waals surface area contributed by atoms with Crippen molar-refractivity contribution in [3.05, 3.63) is 42.0 Å². The molecule has 2 N–H and O–H groups in total. The van der Waals surface area contributed by atoms with Crippen LogP contribution in [0.5, 0.6) is 0 Å². The van der Waals surface area contributed by atoms with Crippen LogP contribution in [0.3, 0.4) is 0 Å². The number of hydrogen-bond donors (Lipinski definition) is 2. The normalized spacial score (nSPS) is 14.2. The fourth-order valence-electron chi connectivity index (χ4n) is 2.65. The summed E-state index contributed by atoms with van der Waals surface area (Å²) in [6.07, 6.45) is 4.54. The van der Waals surface area contributed by atoms with E-state index in [0.717, 1.165) is 29.8 Å². The third kappa shape index (κ3) is 6.11. The Bertz CT molecular complexity index is 669. The smallest absolute Gasteiger partial charge is 0.258 e. The van der Waals surface area contributed by atoms with Crippen LogP contribution >= 0.6 is 0 Å². The molecule has 0 aromatic heterocycles. The highest BCUT2D eigenvalue weighted by Crippen LogP contribution is 2.20. The van der Waals surface area contributed by atoms with Crippen LogP contribution in [0.1, 0.15) is 39.2 Å². The number of anilines is 1. The predicted molar refractivity (Wildman–Crippen MR) is 102 cm³/mol. The van der Waals surface area contributed by atoms with Gasteiger partial charge in [0.05, 0.1) is 5.69 Å². The van der Waals surface area contributed by atoms with Crippen LogP contribution in [0.4, 0.5) is 5.69 Å². The number of benzene rings is 1. The van der Waals surface area contributed by atoms with Crippen molar-refractivity contribution in [2.24, 2.45) is 0 Å². The van der Waals surface area contributed by atoms with Crippen LogP contribution in [-0.2, 0) is 20.8 Å². The Morgan fingerprint density at radius 2 is 1.62 bits per heavy atom. The van der Waals surface area contributed by atoms with Gasteiger partial charge in [-0.1, -0.05) is 12.1 Å². The average Bonchev–Trinajstić information content (AvgIpc) is 2.90. The Morgan fingerprint density at radius 1 is 1.00 bits per heavy atom. The first kappa shape index (κ1) is 19.8. The Balaban J connectivity index is 1.69. The van der Waals surface area contributed by atoms with E-state index in [1.165, 1.54) is 12.2 Å². The first-order chi connectivity index (χ1) is 12.3. The minimum atomic E-state index is -0.319. The molecule has 1 aliphatic rings. The summed E-state index contributed by atoms with van der Waals surface area (Å²) < 4.78 is 0. The van der Waals surface area contributed by atoms with Crippen LogP contribution in [0.15, 0.2) is 36.4 Å². The largest absolute Gasteiger partial charge is 0.355 e. The third-order valence-electron chi connectivity index (χ3n) is 3.98. The van der Waals surface area contributed by atoms with Gasteiger partial charge in [-0.05, 0) is 51.3 Å². The van der Waals surface area contributed by atoms with Gasteiger partial charge in [-0.3, -0.25) is 14.4 Å². The zero-order chi connectivity index (χ0) is 19.2. The van der Waals surface area contributed by atoms with Crippen LogP contribution in [0.2, 0.25) is 0 Å². The standard InChI is InChI=1S/C20H27N3O3/c1-20(2,3)22-14-13-21-17(24)6-4-5-15-7-9-16(10-8-15)23-18(25)11-12-19(23)26/h7-12,22H,4-6,13-14H2,1-3H3,(H,21,24). The van der Waals surface area contributed by atoms with Crippen molar-refractivity contribution in [1.29, 1.82) is 0 Å². The van der Waals surface area contributed by atoms with Gasteiger partial charge < -0.3 is 10.6 Å². The Labute approximate surface area is 154 Å². The van der Waals surface area contributed by atoms with Gasteiger partial charge in [0, 0.05) is 37.2 Å². The molecule has 140 valence electrons. The van der Waals surface area contributed by atoms with E-state index < -0.39 is 0 Å². The minimum Gasteiger partial charge on any atom is -0.355 e. The average molecular weight is 357 g/mol. The van der Waals surface area contributed by atoms with Gasteiger partial charge in [0.1, 0.15) is 0 Å². The molecule has 0 unspecified atom stereocenters. The molecule has 0 radical (unpaired) electrons. The molecular formula is C20H27N3O3. The molecule has 1 aromatic rings. The molecule has 6 heteroatoms. The van der Waals surface area contributed by atoms with Gasteiger partial charge >= 0.3 is 0 Å². The fraction of sp³-hybridized carbons (Fsp3) is 0.450. The number of carbonyl (C=O) groups excluding carboxylic acids is 3. The van der Waals surface area contributed by atoms with E-state index in [1.807, 2.05) is 12.1 Å². The van der Waals surface area contributed by atoms with Gasteiger partial charge in [-0.25, -0.2) is 4.90 Å². The van der Waals surface area contributed by atoms with Crippen LogP contribution in [-0.4, -0.2) is 36.3 Å². The lowest BCUT2D eigenvalue weighted by Crippen LogP contribution is -2.41. The molecule has 6 nitrogen and oxygen atoms in total. The highest BCUT2D eigenvalue weighted by atomic mass is 16.2. The lowest BCUT2D eigenvalue weighted by Gasteiger charge is -2.20. The molecule has 0 spiro atoms. The van der Waals surface area contributed by atoms with E-state index >= 15 is 0 Å². The van der Waals surface area contributed by atoms with Crippen molar-refractivity contribution in [2.45, 2.75) is 45.6 Å². The van der Waals surface area contributed by atoms with Gasteiger partial charge in [-0.2, -0.15) is 0 Å². The minimum absolute atomic E-state index is 0.0525. The molecule has 0 fully saturated rings. The van der Waals surface area contributed by atoms with Crippen molar-refractivity contribution in [3.8, 4) is 0 Å². The zero-order valence-corrected chi connectivity index (χ0v) is 15.7. The molecule has 1 aromatic carbocycles. The first-order valence-corrected chi connectivity index (χ1v) is 8.93. The monoisotopic (exact) mass is 357 g/mol. The topological polar surface area (TPSA) is 78.5 Å². The van der Waals surface area contributed by atoms with E-state index in [0.29, 0.717) is 18.7 Å². The molecular weight excluding hydrogens is 330 g/mol. The molecule has 0 bridgehead atoms. The highest BCUT2D eigenvalue weighted by Gasteiger charge is 2.24. The third-order valence-corrected chi connectivity index (χ3v) is 3.98. The number of nitrogens with one attached hydrogen (secondary N) is 2. The second-order valence-corrected chi connectivity index (χ2v) is 7.39. The van der Waals surface area contributed by atoms with Crippen molar-refractivity contribution >= 4 is 23.4 Å². The molecule has 2 rings (SSSR count). The number of nitrogens with zero attached hydrogens (tertiary/aromatic N) is 1. The second kappa shape index (κ2) is 8.76. The van der Waals surface area contributed by atoms with E-state index in [1.54, 1.807) is 12.1 Å². The van der Waals surface area contributed by atoms with E-state index in [4.69, 9.17) is 0 Å². The van der Waals surface area contributed by atoms with Crippen LogP contribution < -0.4 is 15.5 Å². The molecule has 26 heavy (non-hydrogen) atoms. The molecule has 0 atom stereocenters. The van der Waals surface area contributed by atoms with Crippen molar-refractivity contribution in [2.75, 3.05) is 18.0 Å². The number of aryl methyl sites for hydroxylation is 1. The summed E-state index contributed by atoms with van der Waals surface area (Å²) in [4.78, 5) is 36.3. The molecule has 3 amide bonds. The summed E-state index contributed by atoms with van der Waals surface area (Å²) in [6.45, 7) is 7.64. The molecule has 0 saturated carbocycles. The molecule has 1 heterocycles. The van der Waals surface area contributed by atoms with E-state index in [2.05, 4.69) is 31.4 Å². The maximum absolute atomic E-state index is 11.8. The number of imide groups is 1. The maximum atomic E-state index is 11.8. The van der Waals surface area contributed by atoms with Gasteiger partial charge in [-0.15, -0.1) is 0 Å². The summed E-state index contributed by atoms with van der Waals surface area (Å²) in [6, 6.07) is 7.30. The summed E-state index contributed by atoms with van der Waals surface area (Å²) in [5, 5.41) is 6.23. The summed E-state index contributed by atoms with van der Waals surface area (Å²) in [7, 11) is 0. The van der Waals surface area contributed by atoms with Gasteiger partial charge in [0.25, 0.3) is 11.8 Å². The van der Waals surface area contributed by atoms with Gasteiger partial charge in [0.15, 0.2) is 0 Å². The van der Waals surface area contributed by atoms with E-state index in [-0.39, 0.29) is 23.3 Å². The van der Waals surface area contributed by atoms with Crippen molar-refractivity contribution in [1.82, 2.24) is 10.6 Å². The summed E-state index contributed by atoms with van der Waals surface area (Å²) in [5.74, 6) is -0.586. The van der Waals surface area contributed by atoms with Crippen molar-refractivity contribution < 1.29 is 14.4 Å². The predicted octanol–water partition coefficient (Wildman–Crippen LogP) is 1.94. The maximum Gasteiger partial charge on any atom is 0.258 e. The summed E-state index contributed by atoms with van der Waals surface area (Å²) >= 11 is 0. The quantitative estimate of drug-likeness (QED) is 0.551. The SMILES string of the molecule is CC(C)(C)NCCNC(=O)CCCc1ccc(N2C(=O)C=CC2=O)cc1. The highest BCUT2D eigenvalue weighted by molar-refractivity contribution is 6.28. The van der Waals surface area contributed by atoms with Crippen LogP contribution in [0.25, 0.3) is 0 Å². The van der Waals surface area contributed by atoms with Gasteiger partial charge in [0.2, 0.25) is 5.91 Å². The van der Waals surface area contributed by atoms with E-state index in [9.17, 15) is 14.4 Å². The number of hydrogen-bond acceptors (Lipinski definition) is 4. The number of amides is 3. The zero-order valence-electron chi connectivity index (χ0n) is 15.7. The Morgan fingerprint density at radius 3 is 2.19 bits per heavy atom. The Kier molecular flexibility index (Phi) is 6.69. The molecule has 0 aliphatic carbocycles. The summed E-state index contributed by atoms with van der Waals surface area (Å²) in [5.41, 5.74) is 1.69. The number of rotatable bonds is 8. The van der Waals surface area contributed by atoms with Crippen LogP contribution in [0, 0.1) is 0 Å². The fourth-order valence-corrected chi connectivity index (χ4v) is 2.65. The Hall–Kier alpha value is -2.47. The molecule has 1 aliphatic heterocycles. The lowest BCUT2D eigenvalue weighted by atomic mass is 10.1.